The summed E-state index contributed by atoms with van der Waals surface area (Å²) in [5.74, 6) is 0.00627. The highest BCUT2D eigenvalue weighted by Gasteiger charge is 2.45. The van der Waals surface area contributed by atoms with Crippen LogP contribution in [0.15, 0.2) is 59.0 Å². The van der Waals surface area contributed by atoms with E-state index in [1.54, 1.807) is 49.6 Å². The molecule has 1 aliphatic heterocycles. The second-order valence-corrected chi connectivity index (χ2v) is 9.55. The van der Waals surface area contributed by atoms with Gasteiger partial charge in [0.2, 0.25) is 5.95 Å². The van der Waals surface area contributed by atoms with Crippen molar-refractivity contribution in [2.24, 2.45) is 7.05 Å². The van der Waals surface area contributed by atoms with Crippen LogP contribution in [0.2, 0.25) is 0 Å². The van der Waals surface area contributed by atoms with Crippen LogP contribution in [0.1, 0.15) is 17.5 Å². The Morgan fingerprint density at radius 1 is 1.11 bits per heavy atom. The summed E-state index contributed by atoms with van der Waals surface area (Å²) in [6, 6.07) is 10.8. The lowest BCUT2D eigenvalue weighted by atomic mass is 9.91. The fourth-order valence-electron chi connectivity index (χ4n) is 4.21. The molecule has 0 spiro atoms. The molecule has 1 atom stereocenters. The predicted octanol–water partition coefficient (Wildman–Crippen LogP) is 3.07. The van der Waals surface area contributed by atoms with E-state index in [2.05, 4.69) is 15.3 Å². The van der Waals surface area contributed by atoms with Crippen LogP contribution < -0.4 is 10.9 Å². The molecule has 178 valence electrons. The molecule has 1 aliphatic rings. The molecule has 1 fully saturated rings. The highest BCUT2D eigenvalue weighted by molar-refractivity contribution is 7.13. The van der Waals surface area contributed by atoms with E-state index in [0.717, 1.165) is 16.1 Å². The van der Waals surface area contributed by atoms with Crippen LogP contribution in [-0.4, -0.2) is 49.0 Å². The molecule has 1 aromatic carbocycles. The number of nitrogens with one attached hydrogen (secondary N) is 1. The van der Waals surface area contributed by atoms with Gasteiger partial charge in [0.1, 0.15) is 16.4 Å². The first kappa shape index (κ1) is 22.9. The van der Waals surface area contributed by atoms with Crippen LogP contribution in [0.25, 0.3) is 22.0 Å². The van der Waals surface area contributed by atoms with E-state index >= 15 is 0 Å². The number of carbonyl (C=O) groups is 1. The molecule has 35 heavy (non-hydrogen) atoms. The number of thiazole rings is 1. The third-order valence-electron chi connectivity index (χ3n) is 6.09. The number of anilines is 2. The van der Waals surface area contributed by atoms with E-state index in [9.17, 15) is 14.7 Å². The number of likely N-dealkylation sites (tertiary alicyclic amines) is 1. The molecule has 1 saturated heterocycles. The van der Waals surface area contributed by atoms with Gasteiger partial charge in [-0.05, 0) is 36.2 Å². The second-order valence-electron chi connectivity index (χ2n) is 8.69. The number of carbonyl (C=O) groups excluding carboxylic acids is 1. The number of aromatic nitrogens is 4. The Morgan fingerprint density at radius 3 is 2.71 bits per heavy atom. The Morgan fingerprint density at radius 2 is 1.94 bits per heavy atom. The Hall–Kier alpha value is -3.89. The molecular weight excluding hydrogens is 464 g/mol. The summed E-state index contributed by atoms with van der Waals surface area (Å²) in [6.45, 7) is 2.42. The molecular formula is C25H24N6O3S. The van der Waals surface area contributed by atoms with E-state index < -0.39 is 5.60 Å². The van der Waals surface area contributed by atoms with Crippen LogP contribution >= 0.6 is 11.3 Å². The average molecular weight is 489 g/mol. The highest BCUT2D eigenvalue weighted by atomic mass is 32.1. The number of benzene rings is 1. The van der Waals surface area contributed by atoms with Gasteiger partial charge in [-0.2, -0.15) is 0 Å². The Balaban J connectivity index is 1.42. The maximum atomic E-state index is 12.5. The van der Waals surface area contributed by atoms with Gasteiger partial charge in [-0.15, -0.1) is 11.3 Å². The first-order valence-corrected chi connectivity index (χ1v) is 11.9. The summed E-state index contributed by atoms with van der Waals surface area (Å²) in [5, 5.41) is 16.6. The van der Waals surface area contributed by atoms with Gasteiger partial charge in [-0.25, -0.2) is 15.0 Å². The number of nitrogens with zero attached hydrogens (tertiary/aromatic N) is 5. The fraction of sp³-hybridized carbons (Fsp3) is 0.240. The van der Waals surface area contributed by atoms with Gasteiger partial charge in [-0.1, -0.05) is 18.2 Å². The standard InChI is InChI=1S/C25H24N6O3S/c1-15-11-19(22(32)31(3)13-15)29-24-26-9-7-18(28-24)20-14-35-21(27-20)16-5-4-6-17(12-16)25(34)8-10-30(2)23(25)33/h4-7,9,11-14,34H,8,10H2,1-3H3,(H,26,28,29). The van der Waals surface area contributed by atoms with Crippen molar-refractivity contribution in [2.75, 3.05) is 18.9 Å². The van der Waals surface area contributed by atoms with Crippen molar-refractivity contribution >= 4 is 28.9 Å². The summed E-state index contributed by atoms with van der Waals surface area (Å²) >= 11 is 1.44. The molecule has 9 nitrogen and oxygen atoms in total. The SMILES string of the molecule is Cc1cc(Nc2nccc(-c3csc(-c4cccc(C5(O)CCN(C)C5=O)c4)n3)n2)c(=O)n(C)c1. The van der Waals surface area contributed by atoms with Gasteiger partial charge in [0.25, 0.3) is 11.5 Å². The number of aliphatic hydroxyl groups is 1. The molecule has 1 amide bonds. The molecule has 1 unspecified atom stereocenters. The highest BCUT2D eigenvalue weighted by Crippen LogP contribution is 2.36. The van der Waals surface area contributed by atoms with Crippen molar-refractivity contribution in [3.8, 4) is 22.0 Å². The molecule has 4 heterocycles. The van der Waals surface area contributed by atoms with Gasteiger partial charge in [0, 0.05) is 50.4 Å². The third-order valence-corrected chi connectivity index (χ3v) is 6.98. The number of aryl methyl sites for hydroxylation is 2. The van der Waals surface area contributed by atoms with Crippen molar-refractivity contribution in [2.45, 2.75) is 18.9 Å². The Labute approximate surface area is 205 Å². The quantitative estimate of drug-likeness (QED) is 0.444. The van der Waals surface area contributed by atoms with Gasteiger partial charge in [0.05, 0.1) is 5.69 Å². The van der Waals surface area contributed by atoms with Crippen molar-refractivity contribution in [3.05, 3.63) is 75.7 Å². The van der Waals surface area contributed by atoms with Gasteiger partial charge >= 0.3 is 0 Å². The molecule has 0 saturated carbocycles. The first-order chi connectivity index (χ1) is 16.7. The summed E-state index contributed by atoms with van der Waals surface area (Å²) in [6.07, 6.45) is 3.73. The summed E-state index contributed by atoms with van der Waals surface area (Å²) in [7, 11) is 3.39. The maximum absolute atomic E-state index is 12.5. The number of hydrogen-bond donors (Lipinski definition) is 2. The van der Waals surface area contributed by atoms with Gasteiger partial charge < -0.3 is 19.9 Å². The lowest BCUT2D eigenvalue weighted by Crippen LogP contribution is -2.36. The van der Waals surface area contributed by atoms with Crippen molar-refractivity contribution in [3.63, 3.8) is 0 Å². The number of hydrogen-bond acceptors (Lipinski definition) is 8. The largest absolute Gasteiger partial charge is 0.375 e. The second kappa shape index (κ2) is 8.71. The minimum Gasteiger partial charge on any atom is -0.375 e. The van der Waals surface area contributed by atoms with Crippen LogP contribution in [0.5, 0.6) is 0 Å². The molecule has 3 aromatic heterocycles. The predicted molar refractivity (Wildman–Crippen MR) is 134 cm³/mol. The zero-order chi connectivity index (χ0) is 24.7. The summed E-state index contributed by atoms with van der Waals surface area (Å²) in [4.78, 5) is 40.0. The van der Waals surface area contributed by atoms with Crippen LogP contribution in [0.4, 0.5) is 11.6 Å². The van der Waals surface area contributed by atoms with E-state index in [0.29, 0.717) is 41.6 Å². The Bertz CT molecular complexity index is 1500. The number of amides is 1. The minimum absolute atomic E-state index is 0.172. The molecule has 0 radical (unpaired) electrons. The third kappa shape index (κ3) is 4.22. The van der Waals surface area contributed by atoms with Gasteiger partial charge in [0.15, 0.2) is 5.60 Å². The molecule has 10 heteroatoms. The van der Waals surface area contributed by atoms with E-state index in [1.807, 2.05) is 30.5 Å². The van der Waals surface area contributed by atoms with E-state index in [4.69, 9.17) is 4.98 Å². The Kier molecular flexibility index (Phi) is 5.70. The fourth-order valence-corrected chi connectivity index (χ4v) is 5.02. The summed E-state index contributed by atoms with van der Waals surface area (Å²) in [5.41, 5.74) is 2.29. The molecule has 0 bridgehead atoms. The number of pyridine rings is 1. The smallest absolute Gasteiger partial charge is 0.274 e. The first-order valence-electron chi connectivity index (χ1n) is 11.1. The maximum Gasteiger partial charge on any atom is 0.274 e. The van der Waals surface area contributed by atoms with Crippen molar-refractivity contribution < 1.29 is 9.90 Å². The van der Waals surface area contributed by atoms with Crippen LogP contribution in [0.3, 0.4) is 0 Å². The molecule has 4 aromatic rings. The van der Waals surface area contributed by atoms with Crippen molar-refractivity contribution in [1.29, 1.82) is 0 Å². The zero-order valence-corrected chi connectivity index (χ0v) is 20.3. The topological polar surface area (TPSA) is 113 Å². The van der Waals surface area contributed by atoms with E-state index in [-0.39, 0.29) is 11.5 Å². The molecule has 5 rings (SSSR count). The summed E-state index contributed by atoms with van der Waals surface area (Å²) < 4.78 is 1.51. The minimum atomic E-state index is -1.51. The van der Waals surface area contributed by atoms with Crippen LogP contribution in [-0.2, 0) is 17.4 Å². The van der Waals surface area contributed by atoms with E-state index in [1.165, 1.54) is 15.9 Å². The lowest BCUT2D eigenvalue weighted by molar-refractivity contribution is -0.143. The zero-order valence-electron chi connectivity index (χ0n) is 19.5. The average Bonchev–Trinajstić information content (AvgIpc) is 3.45. The monoisotopic (exact) mass is 488 g/mol. The number of rotatable bonds is 5. The molecule has 0 aliphatic carbocycles. The number of likely N-dealkylation sites (N-methyl/N-ethyl adjacent to an activating group) is 1. The van der Waals surface area contributed by atoms with Crippen molar-refractivity contribution in [1.82, 2.24) is 24.4 Å². The normalized spacial score (nSPS) is 17.7. The molecule has 2 N–H and O–H groups in total. The van der Waals surface area contributed by atoms with Crippen LogP contribution in [0, 0.1) is 6.92 Å². The lowest BCUT2D eigenvalue weighted by Gasteiger charge is -2.21. The van der Waals surface area contributed by atoms with Gasteiger partial charge in [-0.3, -0.25) is 9.59 Å².